The fourth-order valence-corrected chi connectivity index (χ4v) is 4.05. The van der Waals surface area contributed by atoms with Crippen molar-refractivity contribution in [1.82, 2.24) is 4.90 Å². The van der Waals surface area contributed by atoms with Gasteiger partial charge in [0, 0.05) is 13.0 Å². The molecule has 0 aromatic rings. The molecule has 0 saturated carbocycles. The van der Waals surface area contributed by atoms with Crippen molar-refractivity contribution in [2.75, 3.05) is 27.7 Å². The molecule has 0 aromatic heterocycles. The molecule has 0 aliphatic rings. The molecule has 0 aliphatic heterocycles. The molecule has 0 N–H and O–H groups in total. The van der Waals surface area contributed by atoms with Crippen molar-refractivity contribution in [3.05, 3.63) is 12.2 Å². The summed E-state index contributed by atoms with van der Waals surface area (Å²) in [5, 5.41) is 0. The van der Waals surface area contributed by atoms with E-state index in [-0.39, 0.29) is 5.97 Å². The summed E-state index contributed by atoms with van der Waals surface area (Å²) < 4.78 is 4.66. The molecule has 3 nitrogen and oxygen atoms in total. The molecule has 0 radical (unpaired) electrons. The summed E-state index contributed by atoms with van der Waals surface area (Å²) in [6.45, 7) is 3.57. The van der Waals surface area contributed by atoms with Gasteiger partial charge in [-0.25, -0.2) is 0 Å². The summed E-state index contributed by atoms with van der Waals surface area (Å²) in [7, 11) is 5.86. The first-order chi connectivity index (χ1) is 14.1. The van der Waals surface area contributed by atoms with Gasteiger partial charge in [0.2, 0.25) is 0 Å². The van der Waals surface area contributed by atoms with Crippen LogP contribution in [0, 0.1) is 5.92 Å². The van der Waals surface area contributed by atoms with Gasteiger partial charge < -0.3 is 9.64 Å². The van der Waals surface area contributed by atoms with E-state index >= 15 is 0 Å². The summed E-state index contributed by atoms with van der Waals surface area (Å²) in [4.78, 5) is 13.4. The number of carbonyl (C=O) groups excluding carboxylic acids is 1. The van der Waals surface area contributed by atoms with Crippen LogP contribution >= 0.6 is 0 Å². The highest BCUT2D eigenvalue weighted by Gasteiger charge is 2.08. The summed E-state index contributed by atoms with van der Waals surface area (Å²) in [6.07, 6.45) is 26.2. The molecule has 0 rings (SSSR count). The second-order valence-corrected chi connectivity index (χ2v) is 8.97. The highest BCUT2D eigenvalue weighted by Crippen LogP contribution is 2.17. The van der Waals surface area contributed by atoms with E-state index in [9.17, 15) is 4.79 Å². The van der Waals surface area contributed by atoms with Gasteiger partial charge >= 0.3 is 5.97 Å². The zero-order chi connectivity index (χ0) is 21.6. The predicted octanol–water partition coefficient (Wildman–Crippen LogP) is 7.55. The Hall–Kier alpha value is -0.830. The third kappa shape index (κ3) is 21.7. The van der Waals surface area contributed by atoms with Crippen LogP contribution in [0.25, 0.3) is 0 Å². The van der Waals surface area contributed by atoms with Gasteiger partial charge in [0.05, 0.1) is 7.11 Å². The molecule has 1 unspecified atom stereocenters. The summed E-state index contributed by atoms with van der Waals surface area (Å²) in [5.74, 6) is 0.826. The first-order valence-corrected chi connectivity index (χ1v) is 12.5. The molecule has 29 heavy (non-hydrogen) atoms. The van der Waals surface area contributed by atoms with Crippen LogP contribution in [0.15, 0.2) is 12.2 Å². The smallest absolute Gasteiger partial charge is 0.305 e. The lowest BCUT2D eigenvalue weighted by atomic mass is 9.95. The zero-order valence-corrected chi connectivity index (χ0v) is 20.2. The number of methoxy groups -OCH3 is 1. The Morgan fingerprint density at radius 2 is 1.31 bits per heavy atom. The molecular weight excluding hydrogens is 358 g/mol. The van der Waals surface area contributed by atoms with Gasteiger partial charge in [-0.05, 0) is 65.0 Å². The van der Waals surface area contributed by atoms with Crippen LogP contribution in [-0.4, -0.2) is 38.6 Å². The van der Waals surface area contributed by atoms with Crippen molar-refractivity contribution in [1.29, 1.82) is 0 Å². The van der Waals surface area contributed by atoms with Crippen molar-refractivity contribution >= 4 is 5.97 Å². The van der Waals surface area contributed by atoms with Crippen molar-refractivity contribution < 1.29 is 9.53 Å². The molecule has 0 aromatic carbocycles. The highest BCUT2D eigenvalue weighted by atomic mass is 16.5. The number of hydrogen-bond acceptors (Lipinski definition) is 3. The topological polar surface area (TPSA) is 29.5 Å². The third-order valence-electron chi connectivity index (χ3n) is 5.70. The Labute approximate surface area is 182 Å². The molecule has 0 aliphatic carbocycles. The van der Waals surface area contributed by atoms with Gasteiger partial charge in [0.25, 0.3) is 0 Å². The largest absolute Gasteiger partial charge is 0.469 e. The predicted molar refractivity (Wildman–Crippen MR) is 127 cm³/mol. The Bertz CT molecular complexity index is 379. The van der Waals surface area contributed by atoms with Crippen LogP contribution in [-0.2, 0) is 9.53 Å². The Balaban J connectivity index is 3.33. The number of ether oxygens (including phenoxy) is 1. The van der Waals surface area contributed by atoms with Crippen LogP contribution in [0.4, 0.5) is 0 Å². The monoisotopic (exact) mass is 409 g/mol. The van der Waals surface area contributed by atoms with Crippen molar-refractivity contribution in [3.63, 3.8) is 0 Å². The van der Waals surface area contributed by atoms with Gasteiger partial charge in [0.15, 0.2) is 0 Å². The lowest BCUT2D eigenvalue weighted by molar-refractivity contribution is -0.140. The minimum absolute atomic E-state index is 0.0718. The first kappa shape index (κ1) is 28.2. The van der Waals surface area contributed by atoms with Gasteiger partial charge in [-0.3, -0.25) is 4.79 Å². The van der Waals surface area contributed by atoms with Crippen molar-refractivity contribution in [3.8, 4) is 0 Å². The molecule has 0 saturated heterocycles. The van der Waals surface area contributed by atoms with E-state index in [0.717, 1.165) is 18.8 Å². The number of esters is 1. The minimum atomic E-state index is -0.0718. The van der Waals surface area contributed by atoms with E-state index in [0.29, 0.717) is 6.42 Å². The van der Waals surface area contributed by atoms with Gasteiger partial charge in [0.1, 0.15) is 0 Å². The van der Waals surface area contributed by atoms with Crippen LogP contribution in [0.1, 0.15) is 116 Å². The van der Waals surface area contributed by atoms with E-state index in [1.54, 1.807) is 0 Å². The highest BCUT2D eigenvalue weighted by molar-refractivity contribution is 5.68. The van der Waals surface area contributed by atoms with E-state index in [1.165, 1.54) is 104 Å². The fourth-order valence-electron chi connectivity index (χ4n) is 4.05. The number of carbonyl (C=O) groups is 1. The normalized spacial score (nSPS) is 12.7. The molecule has 0 spiro atoms. The van der Waals surface area contributed by atoms with E-state index < -0.39 is 0 Å². The molecule has 172 valence electrons. The lowest BCUT2D eigenvalue weighted by Gasteiger charge is -2.20. The Morgan fingerprint density at radius 3 is 1.83 bits per heavy atom. The molecular formula is C26H51NO2. The maximum Gasteiger partial charge on any atom is 0.305 e. The minimum Gasteiger partial charge on any atom is -0.469 e. The number of hydrogen-bond donors (Lipinski definition) is 0. The van der Waals surface area contributed by atoms with E-state index in [1.807, 2.05) is 0 Å². The SMILES string of the molecule is CCCC(CCCCCCC=CCCCCCCCCCC(=O)OC)CN(C)C. The molecule has 0 bridgehead atoms. The van der Waals surface area contributed by atoms with Gasteiger partial charge in [-0.15, -0.1) is 0 Å². The average Bonchev–Trinajstić information content (AvgIpc) is 2.69. The zero-order valence-electron chi connectivity index (χ0n) is 20.2. The number of unbranched alkanes of at least 4 members (excludes halogenated alkanes) is 11. The summed E-state index contributed by atoms with van der Waals surface area (Å²) >= 11 is 0. The number of nitrogens with zero attached hydrogens (tertiary/aromatic N) is 1. The molecule has 0 heterocycles. The van der Waals surface area contributed by atoms with E-state index in [4.69, 9.17) is 0 Å². The second-order valence-electron chi connectivity index (χ2n) is 8.97. The Kier molecular flexibility index (Phi) is 21.2. The molecule has 0 amide bonds. The third-order valence-corrected chi connectivity index (χ3v) is 5.70. The van der Waals surface area contributed by atoms with Crippen LogP contribution in [0.2, 0.25) is 0 Å². The summed E-state index contributed by atoms with van der Waals surface area (Å²) in [6, 6.07) is 0. The van der Waals surface area contributed by atoms with Gasteiger partial charge in [-0.1, -0.05) is 76.9 Å². The van der Waals surface area contributed by atoms with E-state index in [2.05, 4.69) is 42.8 Å². The number of allylic oxidation sites excluding steroid dienone is 2. The quantitative estimate of drug-likeness (QED) is 0.111. The van der Waals surface area contributed by atoms with Crippen LogP contribution in [0.3, 0.4) is 0 Å². The van der Waals surface area contributed by atoms with Gasteiger partial charge in [-0.2, -0.15) is 0 Å². The fraction of sp³-hybridized carbons (Fsp3) is 0.885. The van der Waals surface area contributed by atoms with Crippen molar-refractivity contribution in [2.24, 2.45) is 5.92 Å². The molecule has 3 heteroatoms. The second kappa shape index (κ2) is 21.9. The standard InChI is InChI=1S/C26H51NO2/c1-5-21-25(24-27(2)3)22-19-17-15-13-11-9-7-6-8-10-12-14-16-18-20-23-26(28)29-4/h7,9,25H,5-6,8,10-24H2,1-4H3. The van der Waals surface area contributed by atoms with Crippen LogP contribution in [0.5, 0.6) is 0 Å². The first-order valence-electron chi connectivity index (χ1n) is 12.5. The van der Waals surface area contributed by atoms with Crippen molar-refractivity contribution in [2.45, 2.75) is 116 Å². The number of rotatable bonds is 21. The maximum absolute atomic E-state index is 11.0. The lowest BCUT2D eigenvalue weighted by Crippen LogP contribution is -2.21. The Morgan fingerprint density at radius 1 is 0.793 bits per heavy atom. The maximum atomic E-state index is 11.0. The molecule has 0 fully saturated rings. The average molecular weight is 410 g/mol. The summed E-state index contributed by atoms with van der Waals surface area (Å²) in [5.41, 5.74) is 0. The molecule has 1 atom stereocenters. The van der Waals surface area contributed by atoms with Crippen LogP contribution < -0.4 is 0 Å².